The molecule has 164 valence electrons. The van der Waals surface area contributed by atoms with E-state index < -0.39 is 0 Å². The third-order valence-electron chi connectivity index (χ3n) is 6.99. The molecule has 0 heterocycles. The first-order chi connectivity index (χ1) is 16.8. The molecule has 0 unspecified atom stereocenters. The Balaban J connectivity index is 1.87. The zero-order valence-electron chi connectivity index (χ0n) is 19.6. The first-order valence-electron chi connectivity index (χ1n) is 12.3. The third-order valence-corrected chi connectivity index (χ3v) is 6.99. The Morgan fingerprint density at radius 3 is 2.09 bits per heavy atom. The van der Waals surface area contributed by atoms with Gasteiger partial charge in [0.05, 0.1) is 0 Å². The van der Waals surface area contributed by atoms with Crippen molar-refractivity contribution in [3.8, 4) is 0 Å². The summed E-state index contributed by atoms with van der Waals surface area (Å²) in [6.07, 6.45) is 12.4. The molecular weight excluding hydrogens is 408 g/mol. The Morgan fingerprint density at radius 1 is 0.765 bits per heavy atom. The third kappa shape index (κ3) is 3.47. The Hall–Kier alpha value is -3.90. The van der Waals surface area contributed by atoms with E-state index in [4.69, 9.17) is 0 Å². The van der Waals surface area contributed by atoms with Crippen LogP contribution in [0.2, 0.25) is 0 Å². The Kier molecular flexibility index (Phi) is 5.35. The second-order valence-electron chi connectivity index (χ2n) is 9.16. The van der Waals surface area contributed by atoms with Crippen LogP contribution in [0.5, 0.6) is 0 Å². The number of allylic oxidation sites excluding steroid dienone is 4. The highest BCUT2D eigenvalue weighted by Crippen LogP contribution is 2.30. The van der Waals surface area contributed by atoms with E-state index in [1.807, 2.05) is 0 Å². The Bertz CT molecular complexity index is 1610. The molecular formula is C34H28. The van der Waals surface area contributed by atoms with Gasteiger partial charge in [-0.05, 0) is 84.8 Å². The molecule has 0 spiro atoms. The molecule has 4 aromatic carbocycles. The maximum absolute atomic E-state index is 2.48. The Labute approximate surface area is 201 Å². The molecule has 0 saturated heterocycles. The van der Waals surface area contributed by atoms with Gasteiger partial charge in [0.25, 0.3) is 0 Å². The van der Waals surface area contributed by atoms with E-state index in [0.717, 1.165) is 19.3 Å². The van der Waals surface area contributed by atoms with Gasteiger partial charge in [0, 0.05) is 0 Å². The SMILES string of the molecule is CCCc1cc2c(c(C3=CC=CC3)c1=C(c1ccccc1)c1ccccc1)C=c1ccccc1=2. The summed E-state index contributed by atoms with van der Waals surface area (Å²) >= 11 is 0. The van der Waals surface area contributed by atoms with Crippen molar-refractivity contribution in [1.82, 2.24) is 0 Å². The Morgan fingerprint density at radius 2 is 1.44 bits per heavy atom. The van der Waals surface area contributed by atoms with Crippen LogP contribution in [0.4, 0.5) is 0 Å². The van der Waals surface area contributed by atoms with E-state index in [1.165, 1.54) is 59.8 Å². The summed E-state index contributed by atoms with van der Waals surface area (Å²) in [6, 6.07) is 33.2. The van der Waals surface area contributed by atoms with Crippen LogP contribution < -0.4 is 10.4 Å². The number of hydrogen-bond acceptors (Lipinski definition) is 0. The molecule has 0 bridgehead atoms. The average Bonchev–Trinajstić information content (AvgIpc) is 3.54. The monoisotopic (exact) mass is 436 g/mol. The normalized spacial score (nSPS) is 13.3. The summed E-state index contributed by atoms with van der Waals surface area (Å²) in [5.41, 5.74) is 9.51. The minimum absolute atomic E-state index is 0.982. The molecule has 6 rings (SSSR count). The summed E-state index contributed by atoms with van der Waals surface area (Å²) in [7, 11) is 0. The summed E-state index contributed by atoms with van der Waals surface area (Å²) in [5, 5.41) is 5.46. The number of fused-ring (bicyclic) bond motifs is 2. The molecule has 0 nitrogen and oxygen atoms in total. The van der Waals surface area contributed by atoms with E-state index in [2.05, 4.69) is 122 Å². The summed E-state index contributed by atoms with van der Waals surface area (Å²) < 4.78 is 0. The van der Waals surface area contributed by atoms with E-state index in [1.54, 1.807) is 0 Å². The lowest BCUT2D eigenvalue weighted by Gasteiger charge is -2.18. The molecule has 0 amide bonds. The maximum atomic E-state index is 2.48. The number of rotatable bonds is 5. The van der Waals surface area contributed by atoms with Gasteiger partial charge in [0.2, 0.25) is 0 Å². The highest BCUT2D eigenvalue weighted by Gasteiger charge is 2.20. The lowest BCUT2D eigenvalue weighted by atomic mass is 9.85. The van der Waals surface area contributed by atoms with Crippen LogP contribution in [0.25, 0.3) is 17.2 Å². The van der Waals surface area contributed by atoms with Crippen LogP contribution in [-0.2, 0) is 6.42 Å². The fourth-order valence-electron chi connectivity index (χ4n) is 5.53. The standard InChI is InChI=1S/C34H28/c1-2-13-28-23-30-29-21-12-11-20-27(29)22-31(30)33(26-18-9-10-19-26)34(28)32(24-14-5-3-6-15-24)25-16-7-4-8-17-25/h3-12,14-18,20-23H,2,13,19H2,1H3. The topological polar surface area (TPSA) is 0 Å². The maximum Gasteiger partial charge on any atom is -0.00297 e. The van der Waals surface area contributed by atoms with Crippen molar-refractivity contribution < 1.29 is 0 Å². The summed E-state index contributed by atoms with van der Waals surface area (Å²) in [6.45, 7) is 2.29. The first-order valence-corrected chi connectivity index (χ1v) is 12.3. The van der Waals surface area contributed by atoms with Gasteiger partial charge in [-0.3, -0.25) is 0 Å². The first kappa shape index (κ1) is 20.7. The molecule has 0 atom stereocenters. The van der Waals surface area contributed by atoms with Crippen molar-refractivity contribution in [2.75, 3.05) is 0 Å². The quantitative estimate of drug-likeness (QED) is 0.289. The largest absolute Gasteiger partial charge is 0.0801 e. The molecule has 0 saturated carbocycles. The van der Waals surface area contributed by atoms with Crippen molar-refractivity contribution in [2.24, 2.45) is 0 Å². The van der Waals surface area contributed by atoms with E-state index >= 15 is 0 Å². The number of benzene rings is 4. The molecule has 0 aliphatic heterocycles. The lowest BCUT2D eigenvalue weighted by Crippen LogP contribution is -2.22. The van der Waals surface area contributed by atoms with Gasteiger partial charge < -0.3 is 0 Å². The van der Waals surface area contributed by atoms with E-state index in [-0.39, 0.29) is 0 Å². The van der Waals surface area contributed by atoms with Crippen molar-refractivity contribution in [2.45, 2.75) is 26.2 Å². The molecule has 2 aliphatic carbocycles. The second-order valence-corrected chi connectivity index (χ2v) is 9.16. The van der Waals surface area contributed by atoms with Gasteiger partial charge in [0.1, 0.15) is 0 Å². The number of hydrogen-bond donors (Lipinski definition) is 0. The zero-order chi connectivity index (χ0) is 22.9. The predicted molar refractivity (Wildman–Crippen MR) is 144 cm³/mol. The van der Waals surface area contributed by atoms with Crippen LogP contribution in [0.1, 0.15) is 47.6 Å². The second kappa shape index (κ2) is 8.80. The van der Waals surface area contributed by atoms with E-state index in [9.17, 15) is 0 Å². The van der Waals surface area contributed by atoms with Crippen molar-refractivity contribution in [3.63, 3.8) is 0 Å². The van der Waals surface area contributed by atoms with E-state index in [0.29, 0.717) is 0 Å². The van der Waals surface area contributed by atoms with Crippen molar-refractivity contribution in [1.29, 1.82) is 0 Å². The molecule has 4 aromatic rings. The molecule has 34 heavy (non-hydrogen) atoms. The number of aryl methyl sites for hydroxylation is 1. The fourth-order valence-corrected chi connectivity index (χ4v) is 5.53. The van der Waals surface area contributed by atoms with Crippen molar-refractivity contribution in [3.05, 3.63) is 158 Å². The smallest absolute Gasteiger partial charge is 0.00297 e. The van der Waals surface area contributed by atoms with Gasteiger partial charge in [0.15, 0.2) is 0 Å². The minimum atomic E-state index is 0.982. The molecule has 0 aromatic heterocycles. The van der Waals surface area contributed by atoms with Crippen molar-refractivity contribution >= 4 is 17.2 Å². The predicted octanol–water partition coefficient (Wildman–Crippen LogP) is 6.66. The van der Waals surface area contributed by atoms with Crippen LogP contribution >= 0.6 is 0 Å². The molecule has 0 N–H and O–H groups in total. The minimum Gasteiger partial charge on any atom is -0.0801 e. The average molecular weight is 437 g/mol. The molecule has 0 heteroatoms. The van der Waals surface area contributed by atoms with Gasteiger partial charge in [-0.25, -0.2) is 0 Å². The van der Waals surface area contributed by atoms with Gasteiger partial charge >= 0.3 is 0 Å². The highest BCUT2D eigenvalue weighted by atomic mass is 14.2. The molecule has 0 radical (unpaired) electrons. The van der Waals surface area contributed by atoms with Gasteiger partial charge in [-0.2, -0.15) is 0 Å². The molecule has 2 aliphatic rings. The van der Waals surface area contributed by atoms with Gasteiger partial charge in [-0.1, -0.05) is 117 Å². The molecule has 0 fully saturated rings. The summed E-state index contributed by atoms with van der Waals surface area (Å²) in [5.74, 6) is 0. The zero-order valence-corrected chi connectivity index (χ0v) is 19.6. The lowest BCUT2D eigenvalue weighted by molar-refractivity contribution is 0.911. The van der Waals surface area contributed by atoms with Crippen LogP contribution in [-0.4, -0.2) is 0 Å². The summed E-state index contributed by atoms with van der Waals surface area (Å²) in [4.78, 5) is 0. The highest BCUT2D eigenvalue weighted by molar-refractivity contribution is 5.87. The van der Waals surface area contributed by atoms with Gasteiger partial charge in [-0.15, -0.1) is 0 Å². The van der Waals surface area contributed by atoms with Crippen LogP contribution in [0.3, 0.4) is 0 Å². The van der Waals surface area contributed by atoms with Crippen LogP contribution in [0, 0.1) is 10.4 Å². The van der Waals surface area contributed by atoms with Crippen LogP contribution in [0.15, 0.2) is 109 Å². The fraction of sp³-hybridized carbons (Fsp3) is 0.118.